The molecule has 1 aromatic carbocycles. The topological polar surface area (TPSA) is 81.8 Å². The van der Waals surface area contributed by atoms with Crippen LogP contribution in [0.2, 0.25) is 5.02 Å². The maximum atomic E-state index is 13.4. The predicted octanol–water partition coefficient (Wildman–Crippen LogP) is 4.59. The largest absolute Gasteiger partial charge is 0.349 e. The number of nitrogens with one attached hydrogen (secondary N) is 1. The summed E-state index contributed by atoms with van der Waals surface area (Å²) in [5.41, 5.74) is 4.09. The van der Waals surface area contributed by atoms with Crippen LogP contribution in [0.3, 0.4) is 0 Å². The second-order valence-electron chi connectivity index (χ2n) is 9.31. The SMILES string of the molecule is Cc1ncc(Cl)cc1C(=O)NC1CCC(Cn2c(=O)n(Cc3cccnc3)c3ccccc32)CC1. The zero-order valence-electron chi connectivity index (χ0n) is 19.7. The number of benzene rings is 1. The molecule has 0 spiro atoms. The Morgan fingerprint density at radius 2 is 1.80 bits per heavy atom. The van der Waals surface area contributed by atoms with Crippen LogP contribution in [0.4, 0.5) is 0 Å². The molecule has 0 aliphatic heterocycles. The van der Waals surface area contributed by atoms with Crippen molar-refractivity contribution in [3.05, 3.63) is 93.4 Å². The average molecular weight is 490 g/mol. The molecule has 8 heteroatoms. The second-order valence-corrected chi connectivity index (χ2v) is 9.74. The zero-order valence-corrected chi connectivity index (χ0v) is 20.4. The molecule has 0 radical (unpaired) electrons. The Bertz CT molecular complexity index is 1400. The van der Waals surface area contributed by atoms with Gasteiger partial charge in [0, 0.05) is 31.2 Å². The Labute approximate surface area is 208 Å². The molecule has 1 N–H and O–H groups in total. The fraction of sp³-hybridized carbons (Fsp3) is 0.333. The van der Waals surface area contributed by atoms with Gasteiger partial charge in [-0.05, 0) is 68.4 Å². The van der Waals surface area contributed by atoms with E-state index in [9.17, 15) is 9.59 Å². The van der Waals surface area contributed by atoms with E-state index < -0.39 is 0 Å². The van der Waals surface area contributed by atoms with Crippen LogP contribution in [0.5, 0.6) is 0 Å². The molecular weight excluding hydrogens is 462 g/mol. The lowest BCUT2D eigenvalue weighted by Gasteiger charge is -2.29. The molecule has 180 valence electrons. The number of aryl methyl sites for hydroxylation is 1. The molecule has 7 nitrogen and oxygen atoms in total. The molecule has 1 amide bonds. The quantitative estimate of drug-likeness (QED) is 0.429. The van der Waals surface area contributed by atoms with Gasteiger partial charge in [-0.1, -0.05) is 29.8 Å². The maximum Gasteiger partial charge on any atom is 0.329 e. The summed E-state index contributed by atoms with van der Waals surface area (Å²) < 4.78 is 3.75. The molecule has 1 aliphatic rings. The van der Waals surface area contributed by atoms with Gasteiger partial charge in [0.2, 0.25) is 0 Å². The summed E-state index contributed by atoms with van der Waals surface area (Å²) >= 11 is 6.03. The number of nitrogens with zero attached hydrogens (tertiary/aromatic N) is 4. The number of rotatable bonds is 6. The Balaban J connectivity index is 1.27. The fourth-order valence-electron chi connectivity index (χ4n) is 5.02. The number of hydrogen-bond donors (Lipinski definition) is 1. The minimum Gasteiger partial charge on any atom is -0.349 e. The standard InChI is InChI=1S/C27H28ClN5O2/c1-18-23(13-21(28)15-30-18)26(34)31-22-10-8-19(9-11-22)16-32-24-6-2-3-7-25(24)33(27(32)35)17-20-5-4-12-29-14-20/h2-7,12-15,19,22H,8-11,16-17H2,1H3,(H,31,34). The lowest BCUT2D eigenvalue weighted by atomic mass is 9.85. The van der Waals surface area contributed by atoms with Crippen LogP contribution < -0.4 is 11.0 Å². The van der Waals surface area contributed by atoms with E-state index in [0.29, 0.717) is 35.3 Å². The van der Waals surface area contributed by atoms with Crippen molar-refractivity contribution in [2.45, 2.75) is 51.7 Å². The Kier molecular flexibility index (Phi) is 6.68. The highest BCUT2D eigenvalue weighted by Crippen LogP contribution is 2.27. The summed E-state index contributed by atoms with van der Waals surface area (Å²) in [6.45, 7) is 2.98. The highest BCUT2D eigenvalue weighted by Gasteiger charge is 2.25. The van der Waals surface area contributed by atoms with Crippen LogP contribution in [0.15, 0.2) is 65.8 Å². The number of carbonyl (C=O) groups excluding carboxylic acids is 1. The van der Waals surface area contributed by atoms with Crippen LogP contribution >= 0.6 is 11.6 Å². The van der Waals surface area contributed by atoms with E-state index >= 15 is 0 Å². The van der Waals surface area contributed by atoms with Crippen LogP contribution in [-0.2, 0) is 13.1 Å². The van der Waals surface area contributed by atoms with Gasteiger partial charge >= 0.3 is 5.69 Å². The van der Waals surface area contributed by atoms with Gasteiger partial charge in [-0.3, -0.25) is 23.9 Å². The minimum atomic E-state index is -0.129. The number of hydrogen-bond acceptors (Lipinski definition) is 4. The minimum absolute atomic E-state index is 0.00871. The van der Waals surface area contributed by atoms with Gasteiger partial charge in [-0.15, -0.1) is 0 Å². The van der Waals surface area contributed by atoms with Gasteiger partial charge in [0.25, 0.3) is 5.91 Å². The fourth-order valence-corrected chi connectivity index (χ4v) is 5.18. The normalized spacial score (nSPS) is 18.0. The molecule has 1 aliphatic carbocycles. The van der Waals surface area contributed by atoms with Crippen molar-refractivity contribution < 1.29 is 4.79 Å². The first kappa shape index (κ1) is 23.3. The van der Waals surface area contributed by atoms with Crippen molar-refractivity contribution in [1.29, 1.82) is 0 Å². The van der Waals surface area contributed by atoms with Gasteiger partial charge in [-0.25, -0.2) is 4.79 Å². The van der Waals surface area contributed by atoms with Gasteiger partial charge in [0.15, 0.2) is 0 Å². The number of pyridine rings is 2. The summed E-state index contributed by atoms with van der Waals surface area (Å²) in [5, 5.41) is 3.60. The molecular formula is C27H28ClN5O2. The number of carbonyl (C=O) groups is 1. The lowest BCUT2D eigenvalue weighted by molar-refractivity contribution is 0.0919. The summed E-state index contributed by atoms with van der Waals surface area (Å²) in [4.78, 5) is 34.5. The van der Waals surface area contributed by atoms with Crippen LogP contribution in [0, 0.1) is 12.8 Å². The molecule has 5 rings (SSSR count). The molecule has 0 atom stereocenters. The van der Waals surface area contributed by atoms with Crippen molar-refractivity contribution in [3.63, 3.8) is 0 Å². The van der Waals surface area contributed by atoms with E-state index in [1.165, 1.54) is 0 Å². The molecule has 35 heavy (non-hydrogen) atoms. The third-order valence-corrected chi connectivity index (χ3v) is 7.12. The molecule has 0 bridgehead atoms. The van der Waals surface area contributed by atoms with Crippen molar-refractivity contribution in [2.75, 3.05) is 0 Å². The highest BCUT2D eigenvalue weighted by molar-refractivity contribution is 6.30. The maximum absolute atomic E-state index is 13.4. The van der Waals surface area contributed by atoms with Gasteiger partial charge in [-0.2, -0.15) is 0 Å². The van der Waals surface area contributed by atoms with Gasteiger partial charge in [0.05, 0.1) is 33.9 Å². The molecule has 1 saturated carbocycles. The summed E-state index contributed by atoms with van der Waals surface area (Å²) in [5.74, 6) is 0.253. The van der Waals surface area contributed by atoms with Crippen LogP contribution in [-0.4, -0.2) is 31.1 Å². The van der Waals surface area contributed by atoms with Gasteiger partial charge in [0.1, 0.15) is 0 Å². The van der Waals surface area contributed by atoms with Crippen molar-refractivity contribution in [1.82, 2.24) is 24.4 Å². The third-order valence-electron chi connectivity index (χ3n) is 6.91. The van der Waals surface area contributed by atoms with Crippen molar-refractivity contribution >= 4 is 28.5 Å². The predicted molar refractivity (Wildman–Crippen MR) is 137 cm³/mol. The van der Waals surface area contributed by atoms with E-state index in [1.807, 2.05) is 52.5 Å². The van der Waals surface area contributed by atoms with Crippen molar-refractivity contribution in [3.8, 4) is 0 Å². The molecule has 3 heterocycles. The number of fused-ring (bicyclic) bond motifs is 1. The van der Waals surface area contributed by atoms with E-state index in [1.54, 1.807) is 24.7 Å². The van der Waals surface area contributed by atoms with E-state index in [4.69, 9.17) is 11.6 Å². The van der Waals surface area contributed by atoms with Crippen molar-refractivity contribution in [2.24, 2.45) is 5.92 Å². The smallest absolute Gasteiger partial charge is 0.329 e. The van der Waals surface area contributed by atoms with Crippen LogP contribution in [0.25, 0.3) is 11.0 Å². The van der Waals surface area contributed by atoms with E-state index in [-0.39, 0.29) is 17.6 Å². The lowest BCUT2D eigenvalue weighted by Crippen LogP contribution is -2.39. The second kappa shape index (κ2) is 10.0. The van der Waals surface area contributed by atoms with E-state index in [2.05, 4.69) is 15.3 Å². The summed E-state index contributed by atoms with van der Waals surface area (Å²) in [6, 6.07) is 13.6. The summed E-state index contributed by atoms with van der Waals surface area (Å²) in [6.07, 6.45) is 8.75. The first-order valence-electron chi connectivity index (χ1n) is 12.0. The first-order valence-corrected chi connectivity index (χ1v) is 12.4. The first-order chi connectivity index (χ1) is 17.0. The summed E-state index contributed by atoms with van der Waals surface area (Å²) in [7, 11) is 0. The van der Waals surface area contributed by atoms with Crippen LogP contribution in [0.1, 0.15) is 47.3 Å². The number of aromatic nitrogens is 4. The molecule has 0 unspecified atom stereocenters. The Morgan fingerprint density at radius 3 is 2.51 bits per heavy atom. The zero-order chi connectivity index (χ0) is 24.4. The van der Waals surface area contributed by atoms with E-state index in [0.717, 1.165) is 42.3 Å². The monoisotopic (exact) mass is 489 g/mol. The third kappa shape index (κ3) is 5.00. The number of halogens is 1. The number of imidazole rings is 1. The molecule has 0 saturated heterocycles. The molecule has 3 aromatic heterocycles. The number of para-hydroxylation sites is 2. The highest BCUT2D eigenvalue weighted by atomic mass is 35.5. The molecule has 1 fully saturated rings. The Morgan fingerprint density at radius 1 is 1.06 bits per heavy atom. The average Bonchev–Trinajstić information content (AvgIpc) is 3.13. The van der Waals surface area contributed by atoms with Gasteiger partial charge < -0.3 is 5.32 Å². The Hall–Kier alpha value is -3.45. The molecule has 4 aromatic rings. The number of amides is 1.